The van der Waals surface area contributed by atoms with Crippen molar-refractivity contribution < 1.29 is 13.2 Å². The van der Waals surface area contributed by atoms with Gasteiger partial charge in [-0.25, -0.2) is 8.42 Å². The lowest BCUT2D eigenvalue weighted by Gasteiger charge is -2.23. The first-order valence-electron chi connectivity index (χ1n) is 6.83. The highest BCUT2D eigenvalue weighted by Crippen LogP contribution is 2.19. The van der Waals surface area contributed by atoms with Gasteiger partial charge in [0.1, 0.15) is 0 Å². The van der Waals surface area contributed by atoms with Gasteiger partial charge in [0.2, 0.25) is 0 Å². The summed E-state index contributed by atoms with van der Waals surface area (Å²) in [5.41, 5.74) is 6.51. The van der Waals surface area contributed by atoms with Crippen LogP contribution < -0.4 is 11.1 Å². The van der Waals surface area contributed by atoms with Gasteiger partial charge in [-0.1, -0.05) is 20.8 Å². The molecule has 1 amide bonds. The van der Waals surface area contributed by atoms with Gasteiger partial charge in [-0.3, -0.25) is 4.79 Å². The fraction of sp³-hybridized carbons (Fsp3) is 0.533. The van der Waals surface area contributed by atoms with Gasteiger partial charge in [-0.2, -0.15) is 0 Å². The van der Waals surface area contributed by atoms with Crippen LogP contribution in [0.2, 0.25) is 0 Å². The Labute approximate surface area is 126 Å². The monoisotopic (exact) mass is 312 g/mol. The third-order valence-electron chi connectivity index (χ3n) is 2.94. The van der Waals surface area contributed by atoms with Gasteiger partial charge in [-0.05, 0) is 36.1 Å². The second kappa shape index (κ2) is 6.58. The summed E-state index contributed by atoms with van der Waals surface area (Å²) < 4.78 is 22.7. The van der Waals surface area contributed by atoms with Crippen molar-refractivity contribution in [2.75, 3.05) is 12.8 Å². The fourth-order valence-electron chi connectivity index (χ4n) is 2.04. The summed E-state index contributed by atoms with van der Waals surface area (Å²) in [6.07, 6.45) is 1.94. The second-order valence-corrected chi connectivity index (χ2v) is 8.55. The summed E-state index contributed by atoms with van der Waals surface area (Å²) in [4.78, 5) is 12.2. The highest BCUT2D eigenvalue weighted by atomic mass is 32.2. The molecule has 0 aliphatic carbocycles. The lowest BCUT2D eigenvalue weighted by atomic mass is 9.88. The van der Waals surface area contributed by atoms with Gasteiger partial charge in [0.25, 0.3) is 5.91 Å². The van der Waals surface area contributed by atoms with Crippen LogP contribution in [0.1, 0.15) is 37.6 Å². The predicted octanol–water partition coefficient (Wildman–Crippen LogP) is 1.58. The molecule has 5 nitrogen and oxygen atoms in total. The largest absolute Gasteiger partial charge is 0.350 e. The molecule has 1 aromatic rings. The minimum Gasteiger partial charge on any atom is -0.350 e. The summed E-state index contributed by atoms with van der Waals surface area (Å²) in [6.45, 7) is 6.68. The highest BCUT2D eigenvalue weighted by Gasteiger charge is 2.16. The maximum atomic E-state index is 12.0. The van der Waals surface area contributed by atoms with Crippen molar-refractivity contribution in [1.29, 1.82) is 0 Å². The molecule has 0 bridgehead atoms. The minimum absolute atomic E-state index is 0.107. The first-order valence-corrected chi connectivity index (χ1v) is 8.72. The maximum absolute atomic E-state index is 12.0. The third kappa shape index (κ3) is 6.27. The molecule has 1 rings (SSSR count). The average Bonchev–Trinajstić information content (AvgIpc) is 2.33. The van der Waals surface area contributed by atoms with E-state index in [-0.39, 0.29) is 22.3 Å². The number of nitrogens with one attached hydrogen (secondary N) is 1. The molecular weight excluding hydrogens is 288 g/mol. The molecule has 118 valence electrons. The number of nitrogens with two attached hydrogens (primary N) is 1. The second-order valence-electron chi connectivity index (χ2n) is 6.53. The summed E-state index contributed by atoms with van der Waals surface area (Å²) in [7, 11) is -3.24. The molecule has 1 aromatic carbocycles. The molecular formula is C15H24N2O3S. The van der Waals surface area contributed by atoms with E-state index in [0.717, 1.165) is 12.7 Å². The number of hydrogen-bond donors (Lipinski definition) is 2. The van der Waals surface area contributed by atoms with E-state index in [4.69, 9.17) is 5.73 Å². The van der Waals surface area contributed by atoms with Gasteiger partial charge in [0, 0.05) is 24.4 Å². The first kappa shape index (κ1) is 17.7. The van der Waals surface area contributed by atoms with Crippen LogP contribution in [-0.2, 0) is 9.84 Å². The topological polar surface area (TPSA) is 89.3 Å². The highest BCUT2D eigenvalue weighted by molar-refractivity contribution is 7.90. The number of rotatable bonds is 5. The predicted molar refractivity (Wildman–Crippen MR) is 83.9 cm³/mol. The third-order valence-corrected chi connectivity index (χ3v) is 4.07. The molecule has 0 aliphatic rings. The summed E-state index contributed by atoms with van der Waals surface area (Å²) in [6, 6.07) is 5.75. The zero-order chi connectivity index (χ0) is 16.3. The van der Waals surface area contributed by atoms with Crippen molar-refractivity contribution >= 4 is 15.7 Å². The molecule has 1 unspecified atom stereocenters. The molecule has 0 saturated carbocycles. The molecule has 0 saturated heterocycles. The average molecular weight is 312 g/mol. The SMILES string of the molecule is CC(C)(C)CC(N)CNC(=O)c1ccc(S(C)(=O)=O)cc1. The van der Waals surface area contributed by atoms with Crippen LogP contribution >= 0.6 is 0 Å². The molecule has 0 heterocycles. The first-order chi connectivity index (χ1) is 9.49. The lowest BCUT2D eigenvalue weighted by molar-refractivity contribution is 0.0948. The summed E-state index contributed by atoms with van der Waals surface area (Å²) in [5, 5.41) is 2.77. The van der Waals surface area contributed by atoms with E-state index in [2.05, 4.69) is 26.1 Å². The number of sulfone groups is 1. The molecule has 0 aliphatic heterocycles. The summed E-state index contributed by atoms with van der Waals surface area (Å²) in [5.74, 6) is -0.251. The Bertz CT molecular complexity index is 586. The van der Waals surface area contributed by atoms with Crippen molar-refractivity contribution in [2.24, 2.45) is 11.1 Å². The van der Waals surface area contributed by atoms with Gasteiger partial charge in [0.15, 0.2) is 9.84 Å². The standard InChI is InChI=1S/C15H24N2O3S/c1-15(2,3)9-12(16)10-17-14(18)11-5-7-13(8-6-11)21(4,19)20/h5-8,12H,9-10,16H2,1-4H3,(H,17,18). The van der Waals surface area contributed by atoms with Crippen molar-refractivity contribution in [3.63, 3.8) is 0 Å². The lowest BCUT2D eigenvalue weighted by Crippen LogP contribution is -2.39. The zero-order valence-corrected chi connectivity index (χ0v) is 13.8. The Kier molecular flexibility index (Phi) is 5.53. The maximum Gasteiger partial charge on any atom is 0.251 e. The fourth-order valence-corrected chi connectivity index (χ4v) is 2.67. The van der Waals surface area contributed by atoms with E-state index >= 15 is 0 Å². The van der Waals surface area contributed by atoms with E-state index in [0.29, 0.717) is 12.1 Å². The van der Waals surface area contributed by atoms with E-state index in [1.807, 2.05) is 0 Å². The van der Waals surface area contributed by atoms with Gasteiger partial charge >= 0.3 is 0 Å². The summed E-state index contributed by atoms with van der Waals surface area (Å²) >= 11 is 0. The normalized spacial score (nSPS) is 13.8. The molecule has 3 N–H and O–H groups in total. The number of amides is 1. The Balaban J connectivity index is 2.61. The van der Waals surface area contributed by atoms with E-state index < -0.39 is 9.84 Å². The van der Waals surface area contributed by atoms with Crippen LogP contribution in [0.25, 0.3) is 0 Å². The van der Waals surface area contributed by atoms with Crippen LogP contribution in [-0.4, -0.2) is 33.2 Å². The van der Waals surface area contributed by atoms with Crippen LogP contribution in [0.5, 0.6) is 0 Å². The van der Waals surface area contributed by atoms with Crippen molar-refractivity contribution in [3.05, 3.63) is 29.8 Å². The van der Waals surface area contributed by atoms with Gasteiger partial charge in [0.05, 0.1) is 4.90 Å². The van der Waals surface area contributed by atoms with E-state index in [9.17, 15) is 13.2 Å². The van der Waals surface area contributed by atoms with Crippen LogP contribution in [0.3, 0.4) is 0 Å². The molecule has 0 radical (unpaired) electrons. The van der Waals surface area contributed by atoms with Gasteiger partial charge in [-0.15, -0.1) is 0 Å². The zero-order valence-electron chi connectivity index (χ0n) is 13.0. The Hall–Kier alpha value is -1.40. The molecule has 0 spiro atoms. The smallest absolute Gasteiger partial charge is 0.251 e. The van der Waals surface area contributed by atoms with Crippen LogP contribution in [0, 0.1) is 5.41 Å². The van der Waals surface area contributed by atoms with Crippen molar-refractivity contribution in [3.8, 4) is 0 Å². The molecule has 6 heteroatoms. The van der Waals surface area contributed by atoms with E-state index in [1.165, 1.54) is 24.3 Å². The number of carbonyl (C=O) groups excluding carboxylic acids is 1. The molecule has 0 fully saturated rings. The molecule has 1 atom stereocenters. The van der Waals surface area contributed by atoms with Crippen LogP contribution in [0.15, 0.2) is 29.2 Å². The number of benzene rings is 1. The number of hydrogen-bond acceptors (Lipinski definition) is 4. The minimum atomic E-state index is -3.24. The van der Waals surface area contributed by atoms with E-state index in [1.54, 1.807) is 0 Å². The molecule has 0 aromatic heterocycles. The van der Waals surface area contributed by atoms with Crippen molar-refractivity contribution in [2.45, 2.75) is 38.1 Å². The Morgan fingerprint density at radius 1 is 1.24 bits per heavy atom. The van der Waals surface area contributed by atoms with Crippen LogP contribution in [0.4, 0.5) is 0 Å². The quantitative estimate of drug-likeness (QED) is 0.864. The Morgan fingerprint density at radius 2 is 1.76 bits per heavy atom. The van der Waals surface area contributed by atoms with Crippen molar-refractivity contribution in [1.82, 2.24) is 5.32 Å². The molecule has 21 heavy (non-hydrogen) atoms. The Morgan fingerprint density at radius 3 is 2.19 bits per heavy atom. The van der Waals surface area contributed by atoms with Gasteiger partial charge < -0.3 is 11.1 Å². The number of carbonyl (C=O) groups is 1.